The van der Waals surface area contributed by atoms with Gasteiger partial charge < -0.3 is 9.52 Å². The Morgan fingerprint density at radius 3 is 2.67 bits per heavy atom. The van der Waals surface area contributed by atoms with Crippen LogP contribution in [0.15, 0.2) is 50.9 Å². The molecule has 21 heavy (non-hydrogen) atoms. The first-order valence-corrected chi connectivity index (χ1v) is 6.61. The van der Waals surface area contributed by atoms with E-state index in [1.54, 1.807) is 0 Å². The maximum atomic E-state index is 13.1. The first-order valence-electron chi connectivity index (χ1n) is 5.80. The van der Waals surface area contributed by atoms with Crippen LogP contribution >= 0.6 is 11.8 Å². The zero-order chi connectivity index (χ0) is 15.0. The number of aromatic carboxylic acids is 1. The Morgan fingerprint density at radius 2 is 1.95 bits per heavy atom. The van der Waals surface area contributed by atoms with E-state index in [0.29, 0.717) is 16.0 Å². The zero-order valence-corrected chi connectivity index (χ0v) is 11.2. The average molecular weight is 307 g/mol. The Balaban J connectivity index is 1.93. The minimum absolute atomic E-state index is 0.0861. The smallest absolute Gasteiger partial charge is 0.335 e. The van der Waals surface area contributed by atoms with Crippen LogP contribution in [-0.2, 0) is 0 Å². The normalized spacial score (nSPS) is 11.0. The van der Waals surface area contributed by atoms with E-state index in [1.807, 2.05) is 0 Å². The lowest BCUT2D eigenvalue weighted by molar-refractivity contribution is 0.0697. The van der Waals surface area contributed by atoms with Gasteiger partial charge in [-0.3, -0.25) is 0 Å². The lowest BCUT2D eigenvalue weighted by atomic mass is 10.2. The van der Waals surface area contributed by atoms with Crippen LogP contribution < -0.4 is 0 Å². The molecule has 3 aromatic rings. The van der Waals surface area contributed by atoms with E-state index in [2.05, 4.69) is 4.98 Å². The molecule has 0 saturated carbocycles. The Labute approximate surface area is 121 Å². The number of aromatic nitrogens is 1. The number of benzene rings is 2. The van der Waals surface area contributed by atoms with Crippen LogP contribution in [0.3, 0.4) is 0 Å². The summed E-state index contributed by atoms with van der Waals surface area (Å²) >= 11 is 1.02. The topological polar surface area (TPSA) is 63.3 Å². The molecule has 7 heteroatoms. The molecule has 3 rings (SSSR count). The Hall–Kier alpha value is -2.41. The lowest BCUT2D eigenvalue weighted by Crippen LogP contribution is -1.94. The van der Waals surface area contributed by atoms with Crippen molar-refractivity contribution in [1.29, 1.82) is 0 Å². The van der Waals surface area contributed by atoms with Gasteiger partial charge in [0.25, 0.3) is 5.22 Å². The molecule has 0 aliphatic rings. The van der Waals surface area contributed by atoms with Crippen LogP contribution in [0, 0.1) is 11.6 Å². The highest BCUT2D eigenvalue weighted by Crippen LogP contribution is 2.30. The van der Waals surface area contributed by atoms with Gasteiger partial charge in [0.15, 0.2) is 17.2 Å². The molecule has 0 radical (unpaired) electrons. The molecule has 2 aromatic carbocycles. The van der Waals surface area contributed by atoms with Crippen molar-refractivity contribution in [1.82, 2.24) is 4.98 Å². The van der Waals surface area contributed by atoms with Crippen molar-refractivity contribution >= 4 is 28.8 Å². The predicted octanol–water partition coefficient (Wildman–Crippen LogP) is 3.96. The molecule has 0 aliphatic heterocycles. The van der Waals surface area contributed by atoms with Crippen molar-refractivity contribution in [3.05, 3.63) is 53.6 Å². The van der Waals surface area contributed by atoms with Gasteiger partial charge in [0, 0.05) is 4.90 Å². The summed E-state index contributed by atoms with van der Waals surface area (Å²) in [5, 5.41) is 9.12. The predicted molar refractivity (Wildman–Crippen MR) is 71.4 cm³/mol. The summed E-state index contributed by atoms with van der Waals surface area (Å²) in [5.74, 6) is -2.95. The fraction of sp³-hybridized carbons (Fsp3) is 0. The van der Waals surface area contributed by atoms with Gasteiger partial charge in [-0.15, -0.1) is 0 Å². The Bertz CT molecular complexity index is 847. The number of oxazole rings is 1. The van der Waals surface area contributed by atoms with Gasteiger partial charge in [-0.25, -0.2) is 18.6 Å². The highest BCUT2D eigenvalue weighted by molar-refractivity contribution is 7.99. The van der Waals surface area contributed by atoms with E-state index in [4.69, 9.17) is 9.52 Å². The van der Waals surface area contributed by atoms with Crippen LogP contribution in [0.2, 0.25) is 0 Å². The summed E-state index contributed by atoms with van der Waals surface area (Å²) in [6.07, 6.45) is 0. The van der Waals surface area contributed by atoms with Crippen molar-refractivity contribution in [2.24, 2.45) is 0 Å². The minimum Gasteiger partial charge on any atom is -0.478 e. The van der Waals surface area contributed by atoms with Gasteiger partial charge in [0.05, 0.1) is 5.56 Å². The van der Waals surface area contributed by atoms with Crippen LogP contribution in [-0.4, -0.2) is 16.1 Å². The Kier molecular flexibility index (Phi) is 3.34. The number of fused-ring (bicyclic) bond motifs is 1. The van der Waals surface area contributed by atoms with Crippen molar-refractivity contribution in [2.45, 2.75) is 10.1 Å². The van der Waals surface area contributed by atoms with Crippen LogP contribution in [0.1, 0.15) is 10.4 Å². The fourth-order valence-electron chi connectivity index (χ4n) is 1.72. The van der Waals surface area contributed by atoms with E-state index in [1.165, 1.54) is 24.3 Å². The summed E-state index contributed by atoms with van der Waals surface area (Å²) in [6, 6.07) is 7.76. The number of carboxylic acids is 1. The molecule has 0 bridgehead atoms. The van der Waals surface area contributed by atoms with Crippen molar-refractivity contribution in [2.75, 3.05) is 0 Å². The van der Waals surface area contributed by atoms with Crippen LogP contribution in [0.25, 0.3) is 11.1 Å². The highest BCUT2D eigenvalue weighted by atomic mass is 32.2. The molecule has 0 fully saturated rings. The van der Waals surface area contributed by atoms with Gasteiger partial charge in [0.2, 0.25) is 0 Å². The molecular formula is C14H7F2NO3S. The van der Waals surface area contributed by atoms with Crippen molar-refractivity contribution < 1.29 is 23.1 Å². The molecule has 4 nitrogen and oxygen atoms in total. The number of carbonyl (C=O) groups is 1. The first kappa shape index (κ1) is 13.6. The summed E-state index contributed by atoms with van der Waals surface area (Å²) in [5.41, 5.74) is 0.896. The second kappa shape index (κ2) is 5.17. The quantitative estimate of drug-likeness (QED) is 0.793. The first-order chi connectivity index (χ1) is 10.0. The number of carboxylic acid groups (broad SMARTS) is 1. The Morgan fingerprint density at radius 1 is 1.14 bits per heavy atom. The third-order valence-corrected chi connectivity index (χ3v) is 3.55. The molecule has 1 aromatic heterocycles. The number of hydrogen-bond donors (Lipinski definition) is 1. The maximum absolute atomic E-state index is 13.1. The van der Waals surface area contributed by atoms with E-state index < -0.39 is 17.6 Å². The molecule has 0 spiro atoms. The third-order valence-electron chi connectivity index (χ3n) is 2.71. The van der Waals surface area contributed by atoms with Crippen molar-refractivity contribution in [3.63, 3.8) is 0 Å². The number of nitrogens with zero attached hydrogens (tertiary/aromatic N) is 1. The SMILES string of the molecule is O=C(O)c1ccc2nc(Sc3ccc(F)c(F)c3)oc2c1. The molecule has 0 saturated heterocycles. The molecule has 0 amide bonds. The lowest BCUT2D eigenvalue weighted by Gasteiger charge is -1.97. The van der Waals surface area contributed by atoms with E-state index in [0.717, 1.165) is 23.9 Å². The fourth-order valence-corrected chi connectivity index (χ4v) is 2.50. The molecule has 0 aliphatic carbocycles. The van der Waals surface area contributed by atoms with E-state index >= 15 is 0 Å². The van der Waals surface area contributed by atoms with Crippen LogP contribution in [0.5, 0.6) is 0 Å². The largest absolute Gasteiger partial charge is 0.478 e. The average Bonchev–Trinajstić information content (AvgIpc) is 2.84. The van der Waals surface area contributed by atoms with Gasteiger partial charge in [-0.05, 0) is 48.2 Å². The summed E-state index contributed by atoms with van der Waals surface area (Å²) in [6.45, 7) is 0. The second-order valence-electron chi connectivity index (χ2n) is 4.15. The van der Waals surface area contributed by atoms with E-state index in [-0.39, 0.29) is 10.8 Å². The van der Waals surface area contributed by atoms with Gasteiger partial charge >= 0.3 is 5.97 Å². The van der Waals surface area contributed by atoms with Gasteiger partial charge in [-0.1, -0.05) is 0 Å². The van der Waals surface area contributed by atoms with E-state index in [9.17, 15) is 13.6 Å². The molecule has 106 valence electrons. The van der Waals surface area contributed by atoms with Gasteiger partial charge in [0.1, 0.15) is 5.52 Å². The molecule has 0 unspecified atom stereocenters. The maximum Gasteiger partial charge on any atom is 0.335 e. The number of halogens is 2. The summed E-state index contributed by atoms with van der Waals surface area (Å²) in [7, 11) is 0. The van der Waals surface area contributed by atoms with Gasteiger partial charge in [-0.2, -0.15) is 0 Å². The highest BCUT2D eigenvalue weighted by Gasteiger charge is 2.12. The summed E-state index contributed by atoms with van der Waals surface area (Å²) < 4.78 is 31.4. The molecule has 1 N–H and O–H groups in total. The third kappa shape index (κ3) is 2.73. The monoisotopic (exact) mass is 307 g/mol. The standard InChI is InChI=1S/C14H7F2NO3S/c15-9-3-2-8(6-10(9)16)21-14-17-11-4-1-7(13(18)19)5-12(11)20-14/h1-6H,(H,18,19). The zero-order valence-electron chi connectivity index (χ0n) is 10.3. The number of rotatable bonds is 3. The minimum atomic E-state index is -1.07. The number of hydrogen-bond acceptors (Lipinski definition) is 4. The molecule has 0 atom stereocenters. The summed E-state index contributed by atoms with van der Waals surface area (Å²) in [4.78, 5) is 15.4. The molecular weight excluding hydrogens is 300 g/mol. The molecule has 1 heterocycles. The van der Waals surface area contributed by atoms with Crippen molar-refractivity contribution in [3.8, 4) is 0 Å². The van der Waals surface area contributed by atoms with Crippen LogP contribution in [0.4, 0.5) is 8.78 Å². The second-order valence-corrected chi connectivity index (χ2v) is 5.17.